The Balaban J connectivity index is 3.28. The molecule has 1 atom stereocenters. The number of benzene rings is 1. The third-order valence-corrected chi connectivity index (χ3v) is 4.69. The molecule has 0 heterocycles. The second-order valence-electron chi connectivity index (χ2n) is 3.90. The molecule has 10 heteroatoms. The Morgan fingerprint density at radius 1 is 1.25 bits per heavy atom. The van der Waals surface area contributed by atoms with Gasteiger partial charge in [-0.05, 0) is 18.1 Å². The number of aryl methyl sites for hydroxylation is 1. The first-order valence-corrected chi connectivity index (χ1v) is 8.52. The van der Waals surface area contributed by atoms with Crippen LogP contribution in [0.15, 0.2) is 24.3 Å². The van der Waals surface area contributed by atoms with E-state index in [2.05, 4.69) is 31.9 Å². The maximum absolute atomic E-state index is 12.5. The molecule has 0 saturated carbocycles. The Morgan fingerprint density at radius 2 is 1.75 bits per heavy atom. The van der Waals surface area contributed by atoms with E-state index in [-0.39, 0.29) is 0 Å². The van der Waals surface area contributed by atoms with Crippen LogP contribution in [0.3, 0.4) is 0 Å². The number of alkyl halides is 6. The number of halogens is 6. The highest BCUT2D eigenvalue weighted by Gasteiger charge is 2.49. The third kappa shape index (κ3) is 4.33. The summed E-state index contributed by atoms with van der Waals surface area (Å²) in [4.78, 5) is 0. The van der Waals surface area contributed by atoms with Crippen LogP contribution in [0.2, 0.25) is 0 Å². The topological polar surface area (TPSA) is 46.2 Å². The number of rotatable bonds is 4. The summed E-state index contributed by atoms with van der Waals surface area (Å²) in [6.07, 6.45) is 0. The van der Waals surface area contributed by atoms with Crippen LogP contribution in [-0.2, 0) is 10.0 Å². The summed E-state index contributed by atoms with van der Waals surface area (Å²) in [6.45, 7) is 1.63. The monoisotopic (exact) mass is 457 g/mol. The van der Waals surface area contributed by atoms with Crippen LogP contribution in [0.25, 0.3) is 0 Å². The summed E-state index contributed by atoms with van der Waals surface area (Å²) in [5.41, 5.74) is -4.52. The molecule has 0 saturated heterocycles. The molecule has 0 fully saturated rings. The van der Waals surface area contributed by atoms with E-state index in [1.807, 2.05) is 0 Å². The lowest BCUT2D eigenvalue weighted by Crippen LogP contribution is -2.43. The van der Waals surface area contributed by atoms with Gasteiger partial charge in [-0.3, -0.25) is 0 Å². The lowest BCUT2D eigenvalue weighted by Gasteiger charge is -2.28. The summed E-state index contributed by atoms with van der Waals surface area (Å²) in [6, 6.07) is 5.00. The first-order chi connectivity index (χ1) is 8.86. The molecule has 0 aliphatic carbocycles. The van der Waals surface area contributed by atoms with Crippen LogP contribution in [0.1, 0.15) is 17.2 Å². The Kier molecular flexibility index (Phi) is 5.57. The van der Waals surface area contributed by atoms with Crippen molar-refractivity contribution < 1.29 is 21.6 Å². The first kappa shape index (κ1) is 18.2. The predicted molar refractivity (Wildman–Crippen MR) is 78.5 cm³/mol. The van der Waals surface area contributed by atoms with Crippen molar-refractivity contribution in [3.05, 3.63) is 35.4 Å². The summed E-state index contributed by atoms with van der Waals surface area (Å²) >= 11 is 11.7. The van der Waals surface area contributed by atoms with Crippen LogP contribution in [-0.4, -0.2) is 16.6 Å². The standard InChI is InChI=1S/C10H9Br2ClF3NO2S/c1-6-4-2-3-5-7(6)8(9(11,12)13)17-20(18,19)10(14,15)16/h2-5,8,17H,1H3. The zero-order valence-electron chi connectivity index (χ0n) is 9.88. The van der Waals surface area contributed by atoms with Crippen molar-refractivity contribution in [3.63, 3.8) is 0 Å². The quantitative estimate of drug-likeness (QED) is 0.688. The van der Waals surface area contributed by atoms with Gasteiger partial charge in [0.1, 0.15) is 0 Å². The zero-order chi connectivity index (χ0) is 15.8. The molecule has 1 aromatic rings. The summed E-state index contributed by atoms with van der Waals surface area (Å²) in [5.74, 6) is 0. The Morgan fingerprint density at radius 3 is 2.15 bits per heavy atom. The van der Waals surface area contributed by atoms with E-state index >= 15 is 0 Å². The minimum absolute atomic E-state index is 0.309. The van der Waals surface area contributed by atoms with Gasteiger partial charge in [0.05, 0.1) is 6.04 Å². The van der Waals surface area contributed by atoms with Crippen LogP contribution < -0.4 is 4.72 Å². The van der Waals surface area contributed by atoms with Crippen molar-refractivity contribution >= 4 is 53.5 Å². The fraction of sp³-hybridized carbons (Fsp3) is 0.400. The van der Waals surface area contributed by atoms with Crippen LogP contribution >= 0.6 is 43.5 Å². The Hall–Kier alpha value is 0.170. The van der Waals surface area contributed by atoms with Gasteiger partial charge in [0.25, 0.3) is 0 Å². The van der Waals surface area contributed by atoms with Crippen molar-refractivity contribution in [2.45, 2.75) is 21.2 Å². The van der Waals surface area contributed by atoms with Crippen molar-refractivity contribution in [2.75, 3.05) is 0 Å². The van der Waals surface area contributed by atoms with Crippen molar-refractivity contribution in [1.29, 1.82) is 0 Å². The second-order valence-corrected chi connectivity index (χ2v) is 10.7. The number of hydrogen-bond acceptors (Lipinski definition) is 2. The van der Waals surface area contributed by atoms with E-state index in [9.17, 15) is 21.6 Å². The van der Waals surface area contributed by atoms with Gasteiger partial charge in [-0.1, -0.05) is 67.7 Å². The van der Waals surface area contributed by atoms with E-state index in [4.69, 9.17) is 11.6 Å². The summed E-state index contributed by atoms with van der Waals surface area (Å²) in [7, 11) is -5.54. The molecule has 3 nitrogen and oxygen atoms in total. The normalized spacial score (nSPS) is 15.2. The Bertz CT molecular complexity index is 587. The molecule has 0 amide bonds. The largest absolute Gasteiger partial charge is 0.511 e. The molecule has 0 aromatic heterocycles. The predicted octanol–water partition coefficient (Wildman–Crippen LogP) is 4.16. The van der Waals surface area contributed by atoms with Crippen molar-refractivity contribution in [1.82, 2.24) is 4.72 Å². The maximum atomic E-state index is 12.5. The van der Waals surface area contributed by atoms with Crippen molar-refractivity contribution in [3.8, 4) is 0 Å². The van der Waals surface area contributed by atoms with E-state index in [1.54, 1.807) is 29.8 Å². The molecule has 0 aliphatic heterocycles. The molecule has 1 aromatic carbocycles. The van der Waals surface area contributed by atoms with Gasteiger partial charge < -0.3 is 0 Å². The first-order valence-electron chi connectivity index (χ1n) is 5.07. The van der Waals surface area contributed by atoms with E-state index < -0.39 is 24.3 Å². The molecule has 20 heavy (non-hydrogen) atoms. The van der Waals surface area contributed by atoms with Gasteiger partial charge in [-0.2, -0.15) is 17.9 Å². The van der Waals surface area contributed by atoms with Crippen molar-refractivity contribution in [2.24, 2.45) is 0 Å². The van der Waals surface area contributed by atoms with Gasteiger partial charge >= 0.3 is 15.5 Å². The number of sulfonamides is 1. The lowest BCUT2D eigenvalue weighted by atomic mass is 10.0. The molecule has 0 bridgehead atoms. The average Bonchev–Trinajstić information content (AvgIpc) is 2.24. The SMILES string of the molecule is Cc1ccccc1C(NS(=O)(=O)C(F)(F)F)C(Cl)(Br)Br. The second kappa shape index (κ2) is 6.12. The third-order valence-electron chi connectivity index (χ3n) is 2.40. The molecule has 0 aliphatic rings. The Labute approximate surface area is 136 Å². The lowest BCUT2D eigenvalue weighted by molar-refractivity contribution is -0.0450. The molecule has 0 spiro atoms. The highest BCUT2D eigenvalue weighted by Crippen LogP contribution is 2.45. The zero-order valence-corrected chi connectivity index (χ0v) is 14.6. The van der Waals surface area contributed by atoms with Gasteiger partial charge in [-0.25, -0.2) is 8.42 Å². The molecule has 1 unspecified atom stereocenters. The average molecular weight is 460 g/mol. The molecular formula is C10H9Br2ClF3NO2S. The molecular weight excluding hydrogens is 450 g/mol. The minimum atomic E-state index is -5.54. The molecule has 1 rings (SSSR count). The number of hydrogen-bond donors (Lipinski definition) is 1. The molecule has 1 N–H and O–H groups in total. The van der Waals surface area contributed by atoms with E-state index in [0.29, 0.717) is 11.1 Å². The minimum Gasteiger partial charge on any atom is -0.203 e. The summed E-state index contributed by atoms with van der Waals surface area (Å²) in [5, 5.41) is 0. The van der Waals surface area contributed by atoms with Crippen LogP contribution in [0.4, 0.5) is 13.2 Å². The van der Waals surface area contributed by atoms with E-state index in [0.717, 1.165) is 0 Å². The number of nitrogens with one attached hydrogen (secondary N) is 1. The fourth-order valence-corrected chi connectivity index (χ4v) is 3.45. The van der Waals surface area contributed by atoms with E-state index in [1.165, 1.54) is 6.07 Å². The van der Waals surface area contributed by atoms with Crippen LogP contribution in [0, 0.1) is 6.92 Å². The van der Waals surface area contributed by atoms with Gasteiger partial charge in [0, 0.05) is 0 Å². The highest BCUT2D eigenvalue weighted by molar-refractivity contribution is 9.26. The fourth-order valence-electron chi connectivity index (χ4n) is 1.44. The summed E-state index contributed by atoms with van der Waals surface area (Å²) < 4.78 is 59.9. The molecule has 114 valence electrons. The smallest absolute Gasteiger partial charge is 0.203 e. The highest BCUT2D eigenvalue weighted by atomic mass is 79.9. The maximum Gasteiger partial charge on any atom is 0.511 e. The van der Waals surface area contributed by atoms with Gasteiger partial charge in [0.2, 0.25) is 0 Å². The van der Waals surface area contributed by atoms with Crippen LogP contribution in [0.5, 0.6) is 0 Å². The van der Waals surface area contributed by atoms with Gasteiger partial charge in [0.15, 0.2) is 2.69 Å². The van der Waals surface area contributed by atoms with Gasteiger partial charge in [-0.15, -0.1) is 0 Å². The molecule has 0 radical (unpaired) electrons.